The highest BCUT2D eigenvalue weighted by molar-refractivity contribution is 6.10. The Morgan fingerprint density at radius 3 is 2.48 bits per heavy atom. The van der Waals surface area contributed by atoms with Gasteiger partial charge in [0.2, 0.25) is 5.75 Å². The van der Waals surface area contributed by atoms with Crippen molar-refractivity contribution < 1.29 is 46.1 Å². The number of carbonyl (C=O) groups excluding carboxylic acids is 1. The van der Waals surface area contributed by atoms with Crippen LogP contribution in [0.4, 0.5) is 17.6 Å². The van der Waals surface area contributed by atoms with E-state index >= 15 is 0 Å². The lowest BCUT2D eigenvalue weighted by Crippen LogP contribution is -2.59. The van der Waals surface area contributed by atoms with Crippen LogP contribution in [0, 0.1) is 0 Å². The Hall–Kier alpha value is -2.49. The molecule has 0 amide bonds. The van der Waals surface area contributed by atoms with Crippen LogP contribution in [-0.2, 0) is 0 Å². The van der Waals surface area contributed by atoms with Gasteiger partial charge in [-0.25, -0.2) is 8.78 Å². The van der Waals surface area contributed by atoms with Gasteiger partial charge in [0, 0.05) is 0 Å². The van der Waals surface area contributed by atoms with Gasteiger partial charge in [-0.3, -0.25) is 4.79 Å². The number of hydrogen-bond acceptors (Lipinski definition) is 6. The molecule has 0 bridgehead atoms. The van der Waals surface area contributed by atoms with Crippen LogP contribution in [0.1, 0.15) is 16.8 Å². The molecule has 0 saturated carbocycles. The van der Waals surface area contributed by atoms with E-state index in [2.05, 4.69) is 0 Å². The van der Waals surface area contributed by atoms with Crippen LogP contribution in [0.3, 0.4) is 0 Å². The number of halogens is 4. The highest BCUT2D eigenvalue weighted by Crippen LogP contribution is 2.53. The Balaban J connectivity index is 2.30. The van der Waals surface area contributed by atoms with Crippen LogP contribution < -0.4 is 14.2 Å². The fourth-order valence-corrected chi connectivity index (χ4v) is 2.73. The van der Waals surface area contributed by atoms with E-state index in [1.807, 2.05) is 0 Å². The normalized spacial score (nSPS) is 20.6. The van der Waals surface area contributed by atoms with Gasteiger partial charge in [-0.1, -0.05) is 0 Å². The molecule has 0 unspecified atom stereocenters. The van der Waals surface area contributed by atoms with Gasteiger partial charge in [0.25, 0.3) is 5.79 Å². The molecule has 3 rings (SSSR count). The molecule has 0 spiro atoms. The summed E-state index contributed by atoms with van der Waals surface area (Å²) >= 11 is 0. The molecule has 0 aliphatic carbocycles. The first-order valence-electron chi connectivity index (χ1n) is 6.93. The average Bonchev–Trinajstić information content (AvgIpc) is 3.01. The van der Waals surface area contributed by atoms with E-state index in [4.69, 9.17) is 18.6 Å². The second kappa shape index (κ2) is 5.51. The molecule has 0 fully saturated rings. The molecule has 0 radical (unpaired) electrons. The number of benzene rings is 1. The Kier molecular flexibility index (Phi) is 3.82. The van der Waals surface area contributed by atoms with E-state index in [0.29, 0.717) is 5.39 Å². The van der Waals surface area contributed by atoms with Crippen LogP contribution in [-0.4, -0.2) is 43.2 Å². The summed E-state index contributed by atoms with van der Waals surface area (Å²) in [6.45, 7) is 0. The first kappa shape index (κ1) is 17.3. The van der Waals surface area contributed by atoms with Crippen molar-refractivity contribution in [2.75, 3.05) is 14.2 Å². The predicted octanol–water partition coefficient (Wildman–Crippen LogP) is 3.00. The summed E-state index contributed by atoms with van der Waals surface area (Å²) in [4.78, 5) is 12.4. The van der Waals surface area contributed by atoms with Crippen molar-refractivity contribution in [3.8, 4) is 17.2 Å². The van der Waals surface area contributed by atoms with Crippen LogP contribution >= 0.6 is 0 Å². The summed E-state index contributed by atoms with van der Waals surface area (Å²) in [5, 5.41) is 10.3. The third-order valence-electron chi connectivity index (χ3n) is 3.93. The summed E-state index contributed by atoms with van der Waals surface area (Å²) in [6.07, 6.45) is -4.42. The van der Waals surface area contributed by atoms with Gasteiger partial charge in [0.1, 0.15) is 11.3 Å². The predicted molar refractivity (Wildman–Crippen MR) is 74.8 cm³/mol. The number of rotatable bonds is 4. The molecule has 1 atom stereocenters. The number of alkyl halides is 4. The number of ether oxygens (including phenoxy) is 3. The molecule has 0 saturated heterocycles. The van der Waals surface area contributed by atoms with Gasteiger partial charge in [-0.2, -0.15) is 8.78 Å². The van der Waals surface area contributed by atoms with Gasteiger partial charge in [-0.05, 0) is 6.07 Å². The zero-order valence-electron chi connectivity index (χ0n) is 12.9. The van der Waals surface area contributed by atoms with Crippen molar-refractivity contribution in [1.82, 2.24) is 0 Å². The number of aliphatic hydroxyl groups is 1. The minimum atomic E-state index is -5.00. The van der Waals surface area contributed by atoms with Crippen molar-refractivity contribution in [3.05, 3.63) is 17.9 Å². The van der Waals surface area contributed by atoms with Gasteiger partial charge >= 0.3 is 12.3 Å². The standard InChI is InChI=1S/C15H12F4O6/c1-22-9-6-3-4-24-10(6)12(23-2)11-8(9)7(20)5-14(21,25-11)15(18,19)13(16)17/h3-4,13,21H,5H2,1-2H3/t14-/m1/s1. The summed E-state index contributed by atoms with van der Waals surface area (Å²) in [7, 11) is 2.35. The Morgan fingerprint density at radius 1 is 1.28 bits per heavy atom. The fraction of sp³-hybridized carbons (Fsp3) is 0.400. The van der Waals surface area contributed by atoms with Crippen molar-refractivity contribution in [2.24, 2.45) is 0 Å². The molecular formula is C15H12F4O6. The second-order valence-corrected chi connectivity index (χ2v) is 5.34. The quantitative estimate of drug-likeness (QED) is 0.841. The molecule has 136 valence electrons. The second-order valence-electron chi connectivity index (χ2n) is 5.34. The van der Waals surface area contributed by atoms with E-state index in [9.17, 15) is 27.5 Å². The fourth-order valence-electron chi connectivity index (χ4n) is 2.73. The lowest BCUT2D eigenvalue weighted by molar-refractivity contribution is -0.316. The molecule has 1 aromatic heterocycles. The third kappa shape index (κ3) is 2.24. The summed E-state index contributed by atoms with van der Waals surface area (Å²) < 4.78 is 73.1. The Labute approximate surface area is 137 Å². The van der Waals surface area contributed by atoms with E-state index in [1.54, 1.807) is 0 Å². The van der Waals surface area contributed by atoms with Crippen molar-refractivity contribution in [2.45, 2.75) is 24.6 Å². The van der Waals surface area contributed by atoms with Gasteiger partial charge in [0.15, 0.2) is 17.1 Å². The van der Waals surface area contributed by atoms with Crippen LogP contribution in [0.5, 0.6) is 17.2 Å². The molecule has 6 nitrogen and oxygen atoms in total. The highest BCUT2D eigenvalue weighted by Gasteiger charge is 2.65. The maximum absolute atomic E-state index is 13.8. The van der Waals surface area contributed by atoms with Crippen LogP contribution in [0.15, 0.2) is 16.7 Å². The molecule has 1 aliphatic rings. The Morgan fingerprint density at radius 2 is 1.92 bits per heavy atom. The van der Waals surface area contributed by atoms with Crippen molar-refractivity contribution in [1.29, 1.82) is 0 Å². The van der Waals surface area contributed by atoms with Crippen LogP contribution in [0.25, 0.3) is 11.0 Å². The summed E-state index contributed by atoms with van der Waals surface area (Å²) in [5.41, 5.74) is -0.321. The molecule has 2 heterocycles. The molecule has 1 aromatic carbocycles. The van der Waals surface area contributed by atoms with E-state index < -0.39 is 36.1 Å². The third-order valence-corrected chi connectivity index (χ3v) is 3.93. The topological polar surface area (TPSA) is 78.1 Å². The molecule has 2 aromatic rings. The molecular weight excluding hydrogens is 352 g/mol. The number of carbonyl (C=O) groups is 1. The lowest BCUT2D eigenvalue weighted by atomic mass is 9.92. The largest absolute Gasteiger partial charge is 0.495 e. The first-order chi connectivity index (χ1) is 11.7. The number of methoxy groups -OCH3 is 2. The smallest absolute Gasteiger partial charge is 0.371 e. The Bertz CT molecular complexity index is 846. The summed E-state index contributed by atoms with van der Waals surface area (Å²) in [6, 6.07) is 1.44. The minimum Gasteiger partial charge on any atom is -0.495 e. The van der Waals surface area contributed by atoms with Crippen molar-refractivity contribution >= 4 is 16.8 Å². The maximum Gasteiger partial charge on any atom is 0.371 e. The minimum absolute atomic E-state index is 0.0180. The number of Topliss-reactive ketones (excluding diaryl/α,β-unsaturated/α-hetero) is 1. The van der Waals surface area contributed by atoms with Gasteiger partial charge < -0.3 is 23.7 Å². The SMILES string of the molecule is COc1c2c(c(OC)c3occc13)O[C@@](O)(C(F)(F)C(F)F)CC2=O. The van der Waals surface area contributed by atoms with Crippen molar-refractivity contribution in [3.63, 3.8) is 0 Å². The molecule has 1 aliphatic heterocycles. The van der Waals surface area contributed by atoms with Gasteiger partial charge in [0.05, 0.1) is 32.3 Å². The number of fused-ring (bicyclic) bond motifs is 2. The van der Waals surface area contributed by atoms with Crippen LogP contribution in [0.2, 0.25) is 0 Å². The number of furan rings is 1. The highest BCUT2D eigenvalue weighted by atomic mass is 19.3. The zero-order chi connectivity index (χ0) is 18.6. The molecule has 25 heavy (non-hydrogen) atoms. The summed E-state index contributed by atoms with van der Waals surface area (Å²) in [5.74, 6) is -10.8. The van der Waals surface area contributed by atoms with E-state index in [0.717, 1.165) is 7.11 Å². The average molecular weight is 364 g/mol. The maximum atomic E-state index is 13.8. The molecule has 1 N–H and O–H groups in total. The van der Waals surface area contributed by atoms with E-state index in [-0.39, 0.29) is 22.6 Å². The monoisotopic (exact) mass is 364 g/mol. The number of ketones is 1. The van der Waals surface area contributed by atoms with Gasteiger partial charge in [-0.15, -0.1) is 0 Å². The lowest BCUT2D eigenvalue weighted by Gasteiger charge is -2.38. The van der Waals surface area contributed by atoms with E-state index in [1.165, 1.54) is 19.4 Å². The zero-order valence-corrected chi connectivity index (χ0v) is 12.9. The molecule has 10 heteroatoms. The number of hydrogen-bond donors (Lipinski definition) is 1. The first-order valence-corrected chi connectivity index (χ1v) is 6.93.